The molecule has 0 unspecified atom stereocenters. The van der Waals surface area contributed by atoms with Gasteiger partial charge in [0.25, 0.3) is 8.32 Å². The number of hydrogen-bond acceptors (Lipinski definition) is 2. The van der Waals surface area contributed by atoms with Gasteiger partial charge in [-0.05, 0) is 44.1 Å². The number of halogens is 1. The van der Waals surface area contributed by atoms with E-state index in [1.807, 2.05) is 16.9 Å². The van der Waals surface area contributed by atoms with Crippen molar-refractivity contribution in [3.63, 3.8) is 0 Å². The third kappa shape index (κ3) is 3.79. The Bertz CT molecular complexity index is 788. The SMILES string of the molecule is CC(C)(C)[Si](OCCn1nccc1I)(c1ccccc1)c1ccccc1. The van der Waals surface area contributed by atoms with Gasteiger partial charge < -0.3 is 4.43 Å². The van der Waals surface area contributed by atoms with Crippen LogP contribution in [-0.2, 0) is 11.0 Å². The van der Waals surface area contributed by atoms with Gasteiger partial charge in [-0.2, -0.15) is 5.10 Å². The summed E-state index contributed by atoms with van der Waals surface area (Å²) in [6, 6.07) is 23.5. The normalized spacial score (nSPS) is 12.3. The summed E-state index contributed by atoms with van der Waals surface area (Å²) in [7, 11) is -2.44. The molecule has 0 amide bonds. The number of hydrogen-bond donors (Lipinski definition) is 0. The molecule has 0 radical (unpaired) electrons. The summed E-state index contributed by atoms with van der Waals surface area (Å²) in [5, 5.41) is 7.02. The summed E-state index contributed by atoms with van der Waals surface area (Å²) in [5.74, 6) is 0. The molecule has 26 heavy (non-hydrogen) atoms. The lowest BCUT2D eigenvalue weighted by Gasteiger charge is -2.43. The Morgan fingerprint density at radius 1 is 0.923 bits per heavy atom. The highest BCUT2D eigenvalue weighted by atomic mass is 127. The first-order valence-electron chi connectivity index (χ1n) is 8.87. The quantitative estimate of drug-likeness (QED) is 0.396. The molecule has 0 bridgehead atoms. The van der Waals surface area contributed by atoms with Crippen LogP contribution in [-0.4, -0.2) is 24.7 Å². The Labute approximate surface area is 170 Å². The molecule has 0 spiro atoms. The highest BCUT2D eigenvalue weighted by Gasteiger charge is 2.49. The van der Waals surface area contributed by atoms with Crippen molar-refractivity contribution in [1.29, 1.82) is 0 Å². The molecule has 0 N–H and O–H groups in total. The van der Waals surface area contributed by atoms with Gasteiger partial charge in [0, 0.05) is 0 Å². The average molecular weight is 476 g/mol. The van der Waals surface area contributed by atoms with Gasteiger partial charge in [0.2, 0.25) is 0 Å². The van der Waals surface area contributed by atoms with E-state index in [9.17, 15) is 0 Å². The van der Waals surface area contributed by atoms with E-state index >= 15 is 0 Å². The summed E-state index contributed by atoms with van der Waals surface area (Å²) >= 11 is 2.31. The molecule has 0 fully saturated rings. The molecule has 136 valence electrons. The van der Waals surface area contributed by atoms with E-state index in [0.29, 0.717) is 6.61 Å². The second kappa shape index (κ2) is 8.06. The Morgan fingerprint density at radius 3 is 1.88 bits per heavy atom. The summed E-state index contributed by atoms with van der Waals surface area (Å²) in [6.45, 7) is 8.31. The summed E-state index contributed by atoms with van der Waals surface area (Å²) in [4.78, 5) is 0. The second-order valence-electron chi connectivity index (χ2n) is 7.39. The highest BCUT2D eigenvalue weighted by Crippen LogP contribution is 2.36. The van der Waals surface area contributed by atoms with Crippen LogP contribution in [0.25, 0.3) is 0 Å². The minimum absolute atomic E-state index is 0.00692. The average Bonchev–Trinajstić information content (AvgIpc) is 3.04. The van der Waals surface area contributed by atoms with E-state index in [0.717, 1.165) is 10.2 Å². The molecule has 5 heteroatoms. The van der Waals surface area contributed by atoms with Crippen LogP contribution in [0.4, 0.5) is 0 Å². The molecule has 0 aliphatic heterocycles. The molecule has 1 heterocycles. The van der Waals surface area contributed by atoms with Crippen LogP contribution in [0.15, 0.2) is 72.9 Å². The first-order valence-corrected chi connectivity index (χ1v) is 11.9. The maximum absolute atomic E-state index is 6.87. The molecule has 1 aromatic heterocycles. The van der Waals surface area contributed by atoms with Crippen molar-refractivity contribution in [2.75, 3.05) is 6.61 Å². The van der Waals surface area contributed by atoms with Gasteiger partial charge in [-0.25, -0.2) is 0 Å². The second-order valence-corrected chi connectivity index (χ2v) is 12.8. The van der Waals surface area contributed by atoms with E-state index in [4.69, 9.17) is 4.43 Å². The van der Waals surface area contributed by atoms with Gasteiger partial charge in [-0.3, -0.25) is 4.68 Å². The van der Waals surface area contributed by atoms with E-state index < -0.39 is 8.32 Å². The van der Waals surface area contributed by atoms with Crippen molar-refractivity contribution in [3.8, 4) is 0 Å². The van der Waals surface area contributed by atoms with E-state index in [1.165, 1.54) is 10.4 Å². The molecule has 0 atom stereocenters. The fourth-order valence-electron chi connectivity index (χ4n) is 3.53. The van der Waals surface area contributed by atoms with Crippen LogP contribution in [0.1, 0.15) is 20.8 Å². The Morgan fingerprint density at radius 2 is 1.46 bits per heavy atom. The third-order valence-electron chi connectivity index (χ3n) is 4.70. The molecule has 0 aliphatic carbocycles. The first-order chi connectivity index (χ1) is 12.4. The molecule has 3 nitrogen and oxygen atoms in total. The minimum atomic E-state index is -2.44. The number of aromatic nitrogens is 2. The van der Waals surface area contributed by atoms with Crippen LogP contribution < -0.4 is 10.4 Å². The van der Waals surface area contributed by atoms with Crippen molar-refractivity contribution in [1.82, 2.24) is 9.78 Å². The fraction of sp³-hybridized carbons (Fsp3) is 0.286. The molecular formula is C21H25IN2OSi. The fourth-order valence-corrected chi connectivity index (χ4v) is 8.61. The van der Waals surface area contributed by atoms with Gasteiger partial charge in [0.05, 0.1) is 23.0 Å². The Hall–Kier alpha value is -1.44. The van der Waals surface area contributed by atoms with Crippen LogP contribution in [0.2, 0.25) is 5.04 Å². The molecule has 2 aromatic carbocycles. The van der Waals surface area contributed by atoms with Crippen molar-refractivity contribution < 1.29 is 4.43 Å². The van der Waals surface area contributed by atoms with Crippen molar-refractivity contribution in [2.24, 2.45) is 0 Å². The summed E-state index contributed by atoms with van der Waals surface area (Å²) < 4.78 is 10.0. The van der Waals surface area contributed by atoms with Crippen LogP contribution in [0.3, 0.4) is 0 Å². The lowest BCUT2D eigenvalue weighted by Crippen LogP contribution is -2.66. The number of nitrogens with zero attached hydrogens (tertiary/aromatic N) is 2. The lowest BCUT2D eigenvalue weighted by atomic mass is 10.2. The van der Waals surface area contributed by atoms with Gasteiger partial charge >= 0.3 is 0 Å². The van der Waals surface area contributed by atoms with E-state index in [-0.39, 0.29) is 5.04 Å². The first kappa shape index (κ1) is 19.3. The zero-order chi connectivity index (χ0) is 18.6. The topological polar surface area (TPSA) is 27.1 Å². The molecule has 3 rings (SSSR count). The number of rotatable bonds is 6. The van der Waals surface area contributed by atoms with Gasteiger partial charge in [-0.15, -0.1) is 0 Å². The highest BCUT2D eigenvalue weighted by molar-refractivity contribution is 14.1. The zero-order valence-corrected chi connectivity index (χ0v) is 18.7. The van der Waals surface area contributed by atoms with Crippen molar-refractivity contribution in [3.05, 3.63) is 76.6 Å². The van der Waals surface area contributed by atoms with Crippen molar-refractivity contribution in [2.45, 2.75) is 32.4 Å². The van der Waals surface area contributed by atoms with Gasteiger partial charge in [0.1, 0.15) is 0 Å². The largest absolute Gasteiger partial charge is 0.406 e. The van der Waals surface area contributed by atoms with Gasteiger partial charge in [0.15, 0.2) is 0 Å². The van der Waals surface area contributed by atoms with Crippen molar-refractivity contribution >= 4 is 41.3 Å². The Balaban J connectivity index is 2.01. The zero-order valence-electron chi connectivity index (χ0n) is 15.5. The summed E-state index contributed by atoms with van der Waals surface area (Å²) in [5.41, 5.74) is 0. The van der Waals surface area contributed by atoms with E-state index in [1.54, 1.807) is 0 Å². The Kier molecular flexibility index (Phi) is 5.99. The monoisotopic (exact) mass is 476 g/mol. The standard InChI is InChI=1S/C21H25IN2OSi/c1-21(2,3)26(18-10-6-4-7-11-18,19-12-8-5-9-13-19)25-17-16-24-20(22)14-15-23-24/h4-15H,16-17H2,1-3H3. The van der Waals surface area contributed by atoms with Crippen LogP contribution >= 0.6 is 22.6 Å². The molecular weight excluding hydrogens is 451 g/mol. The molecule has 0 aliphatic rings. The number of benzene rings is 2. The molecule has 0 saturated heterocycles. The smallest absolute Gasteiger partial charge is 0.261 e. The van der Waals surface area contributed by atoms with Crippen LogP contribution in [0, 0.1) is 3.70 Å². The molecule has 0 saturated carbocycles. The van der Waals surface area contributed by atoms with E-state index in [2.05, 4.69) is 109 Å². The summed E-state index contributed by atoms with van der Waals surface area (Å²) in [6.07, 6.45) is 1.84. The minimum Gasteiger partial charge on any atom is -0.406 e. The lowest BCUT2D eigenvalue weighted by molar-refractivity contribution is 0.273. The maximum atomic E-state index is 6.87. The van der Waals surface area contributed by atoms with Crippen LogP contribution in [0.5, 0.6) is 0 Å². The predicted molar refractivity (Wildman–Crippen MR) is 119 cm³/mol. The third-order valence-corrected chi connectivity index (χ3v) is 10.7. The maximum Gasteiger partial charge on any atom is 0.261 e. The predicted octanol–water partition coefficient (Wildman–Crippen LogP) is 4.06. The van der Waals surface area contributed by atoms with Gasteiger partial charge in [-0.1, -0.05) is 81.4 Å². The molecule has 3 aromatic rings.